The molecule has 1 saturated carbocycles. The van der Waals surface area contributed by atoms with Gasteiger partial charge in [-0.25, -0.2) is 4.68 Å². The van der Waals surface area contributed by atoms with E-state index in [4.69, 9.17) is 0 Å². The molecule has 2 fully saturated rings. The van der Waals surface area contributed by atoms with Crippen molar-refractivity contribution in [3.05, 3.63) is 41.7 Å². The smallest absolute Gasteiger partial charge is 0.244 e. The summed E-state index contributed by atoms with van der Waals surface area (Å²) < 4.78 is 1.77. The Bertz CT molecular complexity index is 925. The predicted octanol–water partition coefficient (Wildman–Crippen LogP) is 2.60. The third-order valence-electron chi connectivity index (χ3n) is 5.65. The summed E-state index contributed by atoms with van der Waals surface area (Å²) >= 11 is 0. The second-order valence-electron chi connectivity index (χ2n) is 7.66. The number of carbonyl (C=O) groups excluding carboxylic acids is 3. The van der Waals surface area contributed by atoms with Gasteiger partial charge in [0, 0.05) is 5.69 Å². The van der Waals surface area contributed by atoms with E-state index in [0.717, 1.165) is 47.7 Å². The first-order chi connectivity index (χ1) is 13.5. The number of benzene rings is 1. The van der Waals surface area contributed by atoms with E-state index in [1.54, 1.807) is 10.7 Å². The summed E-state index contributed by atoms with van der Waals surface area (Å²) in [6.07, 6.45) is 3.43. The maximum Gasteiger partial charge on any atom is 0.244 e. The molecule has 7 nitrogen and oxygen atoms in total. The summed E-state index contributed by atoms with van der Waals surface area (Å²) in [4.78, 5) is 39.0. The molecule has 0 bridgehead atoms. The lowest BCUT2D eigenvalue weighted by molar-refractivity contribution is -0.142. The number of likely N-dealkylation sites (tertiary alicyclic amines) is 1. The average Bonchev–Trinajstić information content (AvgIpc) is 3.14. The maximum atomic E-state index is 12.7. The van der Waals surface area contributed by atoms with Crippen LogP contribution in [0.5, 0.6) is 0 Å². The van der Waals surface area contributed by atoms with Gasteiger partial charge in [-0.3, -0.25) is 19.3 Å². The van der Waals surface area contributed by atoms with Crippen LogP contribution in [0.25, 0.3) is 5.69 Å². The van der Waals surface area contributed by atoms with Crippen LogP contribution in [-0.2, 0) is 14.4 Å². The van der Waals surface area contributed by atoms with Gasteiger partial charge in [0.05, 0.1) is 28.9 Å². The highest BCUT2D eigenvalue weighted by atomic mass is 16.2. The van der Waals surface area contributed by atoms with E-state index in [2.05, 4.69) is 10.4 Å². The molecule has 2 heterocycles. The molecule has 3 amide bonds. The standard InChI is InChI=1S/C21H24N4O3/c1-13-11-14(2)25(23-13)18-10-6-5-9-17(18)22-19(26)12-24-20(27)15-7-3-4-8-16(15)21(24)28/h5-6,9-11,15-16H,3-4,7-8,12H2,1-2H3,(H,22,26)/t15-,16-/m1/s1. The number of nitrogens with zero attached hydrogens (tertiary/aromatic N) is 3. The molecule has 0 spiro atoms. The van der Waals surface area contributed by atoms with Crippen molar-refractivity contribution >= 4 is 23.4 Å². The van der Waals surface area contributed by atoms with E-state index in [0.29, 0.717) is 5.69 Å². The molecule has 1 aromatic carbocycles. The molecule has 1 aliphatic carbocycles. The van der Waals surface area contributed by atoms with Crippen molar-refractivity contribution in [1.82, 2.24) is 14.7 Å². The number of anilines is 1. The van der Waals surface area contributed by atoms with Crippen molar-refractivity contribution < 1.29 is 14.4 Å². The first-order valence-electron chi connectivity index (χ1n) is 9.73. The van der Waals surface area contributed by atoms with Crippen LogP contribution < -0.4 is 5.32 Å². The summed E-state index contributed by atoms with van der Waals surface area (Å²) in [5, 5.41) is 7.32. The molecule has 1 aliphatic heterocycles. The summed E-state index contributed by atoms with van der Waals surface area (Å²) in [5.74, 6) is -1.25. The van der Waals surface area contributed by atoms with Crippen LogP contribution in [-0.4, -0.2) is 38.9 Å². The van der Waals surface area contributed by atoms with Crippen molar-refractivity contribution in [1.29, 1.82) is 0 Å². The number of fused-ring (bicyclic) bond motifs is 1. The fraction of sp³-hybridized carbons (Fsp3) is 0.429. The third kappa shape index (κ3) is 3.21. The van der Waals surface area contributed by atoms with Crippen LogP contribution in [0.1, 0.15) is 37.1 Å². The van der Waals surface area contributed by atoms with Crippen LogP contribution in [0.2, 0.25) is 0 Å². The minimum Gasteiger partial charge on any atom is -0.323 e. The van der Waals surface area contributed by atoms with E-state index in [1.165, 1.54) is 0 Å². The number of aryl methyl sites for hydroxylation is 2. The molecule has 2 atom stereocenters. The van der Waals surface area contributed by atoms with Crippen molar-refractivity contribution in [3.8, 4) is 5.69 Å². The van der Waals surface area contributed by atoms with Gasteiger partial charge < -0.3 is 5.32 Å². The highest BCUT2D eigenvalue weighted by Gasteiger charge is 2.48. The molecule has 7 heteroatoms. The van der Waals surface area contributed by atoms with Crippen molar-refractivity contribution in [2.75, 3.05) is 11.9 Å². The number of carbonyl (C=O) groups is 3. The number of rotatable bonds is 4. The monoisotopic (exact) mass is 380 g/mol. The molecule has 0 unspecified atom stereocenters. The first kappa shape index (κ1) is 18.4. The summed E-state index contributed by atoms with van der Waals surface area (Å²) in [6, 6.07) is 9.32. The van der Waals surface area contributed by atoms with Gasteiger partial charge in [-0.05, 0) is 44.9 Å². The van der Waals surface area contributed by atoms with Gasteiger partial charge in [-0.2, -0.15) is 5.10 Å². The lowest BCUT2D eigenvalue weighted by atomic mass is 9.81. The second kappa shape index (κ2) is 7.22. The second-order valence-corrected chi connectivity index (χ2v) is 7.66. The largest absolute Gasteiger partial charge is 0.323 e. The molecular formula is C21H24N4O3. The zero-order chi connectivity index (χ0) is 19.8. The highest BCUT2D eigenvalue weighted by Crippen LogP contribution is 2.37. The van der Waals surface area contributed by atoms with Gasteiger partial charge in [-0.1, -0.05) is 25.0 Å². The lowest BCUT2D eigenvalue weighted by Crippen LogP contribution is -2.38. The molecular weight excluding hydrogens is 356 g/mol. The van der Waals surface area contributed by atoms with Crippen molar-refractivity contribution in [2.24, 2.45) is 11.8 Å². The van der Waals surface area contributed by atoms with Gasteiger partial charge >= 0.3 is 0 Å². The zero-order valence-electron chi connectivity index (χ0n) is 16.1. The fourth-order valence-electron chi connectivity index (χ4n) is 4.36. The molecule has 1 N–H and O–H groups in total. The Hall–Kier alpha value is -2.96. The fourth-order valence-corrected chi connectivity index (χ4v) is 4.36. The topological polar surface area (TPSA) is 84.3 Å². The third-order valence-corrected chi connectivity index (χ3v) is 5.65. The molecule has 2 aromatic rings. The number of nitrogens with one attached hydrogen (secondary N) is 1. The first-order valence-corrected chi connectivity index (χ1v) is 9.73. The molecule has 4 rings (SSSR count). The summed E-state index contributed by atoms with van der Waals surface area (Å²) in [7, 11) is 0. The quantitative estimate of drug-likeness (QED) is 0.827. The molecule has 1 saturated heterocycles. The number of imide groups is 1. The summed E-state index contributed by atoms with van der Waals surface area (Å²) in [5.41, 5.74) is 3.17. The van der Waals surface area contributed by atoms with Gasteiger partial charge in [0.15, 0.2) is 0 Å². The molecule has 0 radical (unpaired) electrons. The van der Waals surface area contributed by atoms with Crippen LogP contribution in [0.4, 0.5) is 5.69 Å². The van der Waals surface area contributed by atoms with E-state index in [-0.39, 0.29) is 36.1 Å². The lowest BCUT2D eigenvalue weighted by Gasteiger charge is -2.19. The maximum absolute atomic E-state index is 12.7. The molecule has 146 valence electrons. The van der Waals surface area contributed by atoms with Gasteiger partial charge in [0.2, 0.25) is 17.7 Å². The molecule has 28 heavy (non-hydrogen) atoms. The van der Waals surface area contributed by atoms with Gasteiger partial charge in [-0.15, -0.1) is 0 Å². The molecule has 2 aliphatic rings. The van der Waals surface area contributed by atoms with E-state index < -0.39 is 0 Å². The number of hydrogen-bond donors (Lipinski definition) is 1. The van der Waals surface area contributed by atoms with Gasteiger partial charge in [0.25, 0.3) is 0 Å². The Morgan fingerprint density at radius 3 is 2.36 bits per heavy atom. The van der Waals surface area contributed by atoms with Crippen LogP contribution in [0, 0.1) is 25.7 Å². The Labute approximate surface area is 163 Å². The normalized spacial score (nSPS) is 21.7. The van der Waals surface area contributed by atoms with Crippen molar-refractivity contribution in [2.45, 2.75) is 39.5 Å². The minimum atomic E-state index is -0.380. The Kier molecular flexibility index (Phi) is 4.75. The zero-order valence-corrected chi connectivity index (χ0v) is 16.1. The SMILES string of the molecule is Cc1cc(C)n(-c2ccccc2NC(=O)CN2C(=O)[C@@H]3CCCC[C@H]3C2=O)n1. The van der Waals surface area contributed by atoms with Crippen LogP contribution in [0.15, 0.2) is 30.3 Å². The Morgan fingerprint density at radius 1 is 1.11 bits per heavy atom. The number of aromatic nitrogens is 2. The average molecular weight is 380 g/mol. The number of hydrogen-bond acceptors (Lipinski definition) is 4. The minimum absolute atomic E-state index is 0.198. The van der Waals surface area contributed by atoms with Crippen LogP contribution >= 0.6 is 0 Å². The van der Waals surface area contributed by atoms with Crippen molar-refractivity contribution in [3.63, 3.8) is 0 Å². The van der Waals surface area contributed by atoms with Gasteiger partial charge in [0.1, 0.15) is 6.54 Å². The van der Waals surface area contributed by atoms with E-state index >= 15 is 0 Å². The van der Waals surface area contributed by atoms with Crippen LogP contribution in [0.3, 0.4) is 0 Å². The Morgan fingerprint density at radius 2 is 1.75 bits per heavy atom. The molecule has 1 aromatic heterocycles. The predicted molar refractivity (Wildman–Crippen MR) is 104 cm³/mol. The highest BCUT2D eigenvalue weighted by molar-refractivity contribution is 6.08. The number of para-hydroxylation sites is 2. The van der Waals surface area contributed by atoms with E-state index in [1.807, 2.05) is 38.1 Å². The number of amides is 3. The summed E-state index contributed by atoms with van der Waals surface area (Å²) in [6.45, 7) is 3.62. The Balaban J connectivity index is 1.51. The van der Waals surface area contributed by atoms with E-state index in [9.17, 15) is 14.4 Å².